The predicted octanol–water partition coefficient (Wildman–Crippen LogP) is 15.7. The number of rotatable bonds is 2. The van der Waals surface area contributed by atoms with Gasteiger partial charge in [-0.05, 0) is 112 Å². The average Bonchev–Trinajstić information content (AvgIpc) is 3.89. The minimum absolute atomic E-state index is 0.00459. The van der Waals surface area contributed by atoms with E-state index in [-0.39, 0.29) is 28.6 Å². The molecule has 2 unspecified atom stereocenters. The van der Waals surface area contributed by atoms with Crippen LogP contribution in [-0.2, 0) is 16.2 Å². The monoisotopic (exact) mass is 852 g/mol. The number of anilines is 4. The van der Waals surface area contributed by atoms with E-state index in [4.69, 9.17) is 0 Å². The largest absolute Gasteiger partial charge is 0.400 e. The first-order valence-electron chi connectivity index (χ1n) is 23.2. The Hall–Kier alpha value is -5.36. The van der Waals surface area contributed by atoms with Crippen LogP contribution in [0.4, 0.5) is 22.7 Å². The minimum atomic E-state index is -0.0706. The van der Waals surface area contributed by atoms with Crippen molar-refractivity contribution < 1.29 is 0 Å². The van der Waals surface area contributed by atoms with E-state index in [1.165, 1.54) is 133 Å². The van der Waals surface area contributed by atoms with Crippen molar-refractivity contribution in [2.24, 2.45) is 0 Å². The van der Waals surface area contributed by atoms with Gasteiger partial charge in [0, 0.05) is 79.5 Å². The molecule has 0 bridgehead atoms. The number of nitrogens with zero attached hydrogens (tertiary/aromatic N) is 2. The fourth-order valence-corrected chi connectivity index (χ4v) is 14.9. The van der Waals surface area contributed by atoms with Gasteiger partial charge in [-0.25, -0.2) is 0 Å². The van der Waals surface area contributed by atoms with Gasteiger partial charge < -0.3 is 9.71 Å². The molecule has 0 saturated heterocycles. The van der Waals surface area contributed by atoms with Gasteiger partial charge in [0.1, 0.15) is 0 Å². The number of hydrogen-bond acceptors (Lipinski definition) is 4. The van der Waals surface area contributed by atoms with E-state index < -0.39 is 0 Å². The van der Waals surface area contributed by atoms with Crippen molar-refractivity contribution in [2.75, 3.05) is 9.71 Å². The van der Waals surface area contributed by atoms with Crippen molar-refractivity contribution in [3.05, 3.63) is 144 Å². The summed E-state index contributed by atoms with van der Waals surface area (Å²) in [7, 11) is 0. The molecule has 4 aliphatic rings. The number of hydrogen-bond donors (Lipinski definition) is 0. The van der Waals surface area contributed by atoms with Gasteiger partial charge in [-0.2, -0.15) is 0 Å². The van der Waals surface area contributed by atoms with Crippen molar-refractivity contribution in [1.82, 2.24) is 0 Å². The van der Waals surface area contributed by atoms with Crippen LogP contribution in [-0.4, -0.2) is 12.4 Å². The standard InChI is InChI=1S/C58H53BN2S2/c1-55(2,3)35-24-25-44(39(28-35)34-18-10-9-11-19-34)60-45-32-49-40(37-20-12-14-22-47(37)62-49)31-43(45)59-53-46(60)33-50-51(38-21-13-15-23-48(38)63-50)52(53)41-29-36(56(4,5)6)30-42-54(41)61(59)58(8)27-17-16-26-57(42,58)7/h9-15,18-25,28-33H,16-17,26-27H2,1-8H3. The number of fused-ring (bicyclic) bond motifs is 14. The molecular formula is C58H53BN2S2. The van der Waals surface area contributed by atoms with Gasteiger partial charge in [-0.15, -0.1) is 22.7 Å². The second-order valence-corrected chi connectivity index (χ2v) is 23.8. The summed E-state index contributed by atoms with van der Waals surface area (Å²) in [5.74, 6) is 0. The number of benzene rings is 7. The zero-order valence-corrected chi connectivity index (χ0v) is 39.4. The molecule has 2 aromatic heterocycles. The van der Waals surface area contributed by atoms with Crippen LogP contribution in [0, 0.1) is 0 Å². The van der Waals surface area contributed by atoms with Crippen LogP contribution in [0.3, 0.4) is 0 Å². The topological polar surface area (TPSA) is 6.48 Å². The molecule has 2 atom stereocenters. The molecule has 5 heteroatoms. The molecule has 3 aliphatic heterocycles. The van der Waals surface area contributed by atoms with Gasteiger partial charge in [0.2, 0.25) is 0 Å². The van der Waals surface area contributed by atoms with Gasteiger partial charge in [0.25, 0.3) is 0 Å². The van der Waals surface area contributed by atoms with Crippen molar-refractivity contribution in [2.45, 2.75) is 103 Å². The van der Waals surface area contributed by atoms with Crippen LogP contribution in [0.15, 0.2) is 127 Å². The van der Waals surface area contributed by atoms with Gasteiger partial charge in [0.15, 0.2) is 0 Å². The second-order valence-electron chi connectivity index (χ2n) is 21.6. The first kappa shape index (κ1) is 38.1. The molecule has 7 aromatic carbocycles. The Labute approximate surface area is 380 Å². The average molecular weight is 853 g/mol. The first-order chi connectivity index (χ1) is 30.2. The third kappa shape index (κ3) is 5.02. The third-order valence-electron chi connectivity index (χ3n) is 16.1. The fraction of sp³-hybridized carbons (Fsp3) is 0.276. The Kier molecular flexibility index (Phi) is 7.67. The van der Waals surface area contributed by atoms with E-state index in [1.54, 1.807) is 5.56 Å². The lowest BCUT2D eigenvalue weighted by molar-refractivity contribution is 0.199. The molecule has 9 aromatic rings. The van der Waals surface area contributed by atoms with Crippen molar-refractivity contribution in [3.8, 4) is 22.3 Å². The van der Waals surface area contributed by atoms with Crippen LogP contribution in [0.2, 0.25) is 0 Å². The highest BCUT2D eigenvalue weighted by atomic mass is 32.1. The van der Waals surface area contributed by atoms with Crippen LogP contribution in [0.25, 0.3) is 62.6 Å². The fourth-order valence-electron chi connectivity index (χ4n) is 12.6. The third-order valence-corrected chi connectivity index (χ3v) is 18.4. The van der Waals surface area contributed by atoms with Gasteiger partial charge >= 0.3 is 6.85 Å². The van der Waals surface area contributed by atoms with Crippen LogP contribution < -0.4 is 20.6 Å². The summed E-state index contributed by atoms with van der Waals surface area (Å²) < 4.78 is 5.42. The minimum Gasteiger partial charge on any atom is -0.400 e. The molecule has 1 saturated carbocycles. The Balaban J connectivity index is 1.24. The van der Waals surface area contributed by atoms with Crippen molar-refractivity contribution >= 4 is 104 Å². The molecule has 0 spiro atoms. The highest BCUT2D eigenvalue weighted by molar-refractivity contribution is 7.26. The highest BCUT2D eigenvalue weighted by Crippen LogP contribution is 2.65. The maximum Gasteiger partial charge on any atom is 0.328 e. The lowest BCUT2D eigenvalue weighted by atomic mass is 9.42. The molecule has 0 amide bonds. The Morgan fingerprint density at radius 2 is 1.21 bits per heavy atom. The molecule has 0 radical (unpaired) electrons. The summed E-state index contributed by atoms with van der Waals surface area (Å²) in [5, 5.41) is 5.53. The van der Waals surface area contributed by atoms with Crippen molar-refractivity contribution in [1.29, 1.82) is 0 Å². The highest BCUT2D eigenvalue weighted by Gasteiger charge is 2.63. The summed E-state index contributed by atoms with van der Waals surface area (Å²) >= 11 is 3.90. The summed E-state index contributed by atoms with van der Waals surface area (Å²) in [4.78, 5) is 5.73. The van der Waals surface area contributed by atoms with Crippen LogP contribution >= 0.6 is 22.7 Å². The van der Waals surface area contributed by atoms with E-state index in [1.807, 2.05) is 22.7 Å². The first-order valence-corrected chi connectivity index (χ1v) is 24.8. The molecule has 310 valence electrons. The Bertz CT molecular complexity index is 3430. The molecule has 1 fully saturated rings. The lowest BCUT2D eigenvalue weighted by Gasteiger charge is -2.55. The Morgan fingerprint density at radius 1 is 0.556 bits per heavy atom. The normalized spacial score (nSPS) is 20.2. The maximum absolute atomic E-state index is 3.02. The molecule has 2 nitrogen and oxygen atoms in total. The van der Waals surface area contributed by atoms with Crippen LogP contribution in [0.5, 0.6) is 0 Å². The molecule has 1 aliphatic carbocycles. The maximum atomic E-state index is 3.02. The molecule has 0 N–H and O–H groups in total. The van der Waals surface area contributed by atoms with Gasteiger partial charge in [-0.3, -0.25) is 0 Å². The lowest BCUT2D eigenvalue weighted by Crippen LogP contribution is -2.70. The van der Waals surface area contributed by atoms with Gasteiger partial charge in [0.05, 0.1) is 5.69 Å². The smallest absolute Gasteiger partial charge is 0.328 e. The summed E-state index contributed by atoms with van der Waals surface area (Å²) in [6, 6.07) is 49.9. The van der Waals surface area contributed by atoms with Crippen LogP contribution in [0.1, 0.15) is 97.8 Å². The second kappa shape index (κ2) is 12.7. The SMILES string of the molecule is CC(C)(C)c1ccc(N2c3cc4sc5ccccc5c4cc3B3c4c2cc2sc5ccccc5c2c4-c2cc(C(C)(C)C)cc4c2N3C2(C)CCCCC42C)c(-c2ccccc2)c1. The molecule has 5 heterocycles. The predicted molar refractivity (Wildman–Crippen MR) is 277 cm³/mol. The van der Waals surface area contributed by atoms with E-state index in [9.17, 15) is 0 Å². The van der Waals surface area contributed by atoms with E-state index in [0.29, 0.717) is 0 Å². The molecule has 63 heavy (non-hydrogen) atoms. The zero-order valence-electron chi connectivity index (χ0n) is 37.7. The van der Waals surface area contributed by atoms with E-state index in [0.717, 1.165) is 0 Å². The Morgan fingerprint density at radius 3 is 1.97 bits per heavy atom. The van der Waals surface area contributed by atoms with E-state index >= 15 is 0 Å². The molecular weight excluding hydrogens is 800 g/mol. The van der Waals surface area contributed by atoms with Gasteiger partial charge in [-0.1, -0.05) is 146 Å². The van der Waals surface area contributed by atoms with Crippen molar-refractivity contribution in [3.63, 3.8) is 0 Å². The summed E-state index contributed by atoms with van der Waals surface area (Å²) in [6.45, 7) is 19.6. The van der Waals surface area contributed by atoms with E-state index in [2.05, 4.69) is 192 Å². The summed E-state index contributed by atoms with van der Waals surface area (Å²) in [5.41, 5.74) is 18.0. The summed E-state index contributed by atoms with van der Waals surface area (Å²) in [6.07, 6.45) is 4.92. The number of thiophene rings is 2. The zero-order chi connectivity index (χ0) is 42.9. The molecule has 13 rings (SSSR count). The quantitative estimate of drug-likeness (QED) is 0.160.